The minimum Gasteiger partial charge on any atom is -0.469 e. The van der Waals surface area contributed by atoms with Gasteiger partial charge >= 0.3 is 6.18 Å². The van der Waals surface area contributed by atoms with E-state index in [1.807, 2.05) is 0 Å². The van der Waals surface area contributed by atoms with Gasteiger partial charge in [-0.25, -0.2) is 0 Å². The van der Waals surface area contributed by atoms with Gasteiger partial charge in [-0.15, -0.1) is 0 Å². The van der Waals surface area contributed by atoms with E-state index in [2.05, 4.69) is 21.0 Å². The van der Waals surface area contributed by atoms with Gasteiger partial charge in [0.15, 0.2) is 0 Å². The van der Waals surface area contributed by atoms with Crippen molar-refractivity contribution in [2.45, 2.75) is 25.2 Å². The Hall–Kier alpha value is -2.13. The molecule has 1 N–H and O–H groups in total. The first-order valence-corrected chi connectivity index (χ1v) is 7.94. The first-order valence-electron chi connectivity index (χ1n) is 7.14. The average molecular weight is 417 g/mol. The van der Waals surface area contributed by atoms with Gasteiger partial charge in [0.25, 0.3) is 11.6 Å². The fraction of sp³-hybridized carbons (Fsp3) is 0.250. The number of alkyl halides is 3. The highest BCUT2D eigenvalue weighted by Crippen LogP contribution is 2.42. The number of rotatable bonds is 2. The van der Waals surface area contributed by atoms with Crippen LogP contribution in [-0.4, -0.2) is 33.6 Å². The number of hydrogen-bond acceptors (Lipinski definition) is 4. The molecule has 0 bridgehead atoms. The molecule has 0 saturated carbocycles. The lowest BCUT2D eigenvalue weighted by atomic mass is 10.0. The van der Waals surface area contributed by atoms with Crippen LogP contribution in [0.15, 0.2) is 50.6 Å². The van der Waals surface area contributed by atoms with Crippen molar-refractivity contribution in [3.05, 3.63) is 58.0 Å². The zero-order chi connectivity index (χ0) is 18.4. The molecule has 0 radical (unpaired) electrons. The summed E-state index contributed by atoms with van der Waals surface area (Å²) in [7, 11) is 0. The smallest absolute Gasteiger partial charge is 0.438 e. The molecule has 3 rings (SSSR count). The highest BCUT2D eigenvalue weighted by Gasteiger charge is 2.63. The second-order valence-corrected chi connectivity index (χ2v) is 6.47. The molecule has 25 heavy (non-hydrogen) atoms. The summed E-state index contributed by atoms with van der Waals surface area (Å²) in [6, 6.07) is 7.61. The number of aliphatic hydroxyl groups is 1. The largest absolute Gasteiger partial charge is 0.469 e. The van der Waals surface area contributed by atoms with Crippen molar-refractivity contribution in [2.75, 3.05) is 0 Å². The van der Waals surface area contributed by atoms with Crippen LogP contribution < -0.4 is 0 Å². The van der Waals surface area contributed by atoms with Crippen LogP contribution in [0.3, 0.4) is 0 Å². The lowest BCUT2D eigenvalue weighted by molar-refractivity contribution is -0.297. The van der Waals surface area contributed by atoms with E-state index in [0.29, 0.717) is 5.56 Å². The predicted octanol–water partition coefficient (Wildman–Crippen LogP) is 3.85. The van der Waals surface area contributed by atoms with E-state index in [0.717, 1.165) is 4.47 Å². The fourth-order valence-corrected chi connectivity index (χ4v) is 2.77. The third kappa shape index (κ3) is 2.98. The van der Waals surface area contributed by atoms with Crippen LogP contribution in [0.5, 0.6) is 0 Å². The Morgan fingerprint density at radius 3 is 2.48 bits per heavy atom. The molecule has 132 valence electrons. The lowest BCUT2D eigenvalue weighted by Crippen LogP contribution is -2.56. The first kappa shape index (κ1) is 17.7. The number of furan rings is 1. The molecule has 2 aromatic rings. The van der Waals surface area contributed by atoms with E-state index < -0.39 is 24.2 Å². The summed E-state index contributed by atoms with van der Waals surface area (Å²) in [6.07, 6.45) is -4.76. The van der Waals surface area contributed by atoms with Gasteiger partial charge in [-0.3, -0.25) is 4.79 Å². The van der Waals surface area contributed by atoms with Crippen LogP contribution in [0.25, 0.3) is 0 Å². The van der Waals surface area contributed by atoms with Crippen molar-refractivity contribution in [1.82, 2.24) is 5.01 Å². The molecule has 0 aliphatic carbocycles. The van der Waals surface area contributed by atoms with E-state index in [4.69, 9.17) is 4.42 Å². The molecule has 5 nitrogen and oxygen atoms in total. The molecule has 0 saturated heterocycles. The van der Waals surface area contributed by atoms with Gasteiger partial charge in [-0.05, 0) is 30.7 Å². The van der Waals surface area contributed by atoms with Crippen molar-refractivity contribution in [1.29, 1.82) is 0 Å². The van der Waals surface area contributed by atoms with E-state index in [-0.39, 0.29) is 22.0 Å². The van der Waals surface area contributed by atoms with E-state index in [1.165, 1.54) is 19.3 Å². The molecule has 1 aromatic carbocycles. The summed E-state index contributed by atoms with van der Waals surface area (Å²) >= 11 is 3.23. The maximum absolute atomic E-state index is 13.5. The average Bonchev–Trinajstić information content (AvgIpc) is 3.11. The highest BCUT2D eigenvalue weighted by molar-refractivity contribution is 9.10. The Labute approximate surface area is 148 Å². The van der Waals surface area contributed by atoms with Gasteiger partial charge < -0.3 is 9.52 Å². The van der Waals surface area contributed by atoms with Gasteiger partial charge in [0.2, 0.25) is 0 Å². The van der Waals surface area contributed by atoms with Crippen molar-refractivity contribution in [3.8, 4) is 0 Å². The van der Waals surface area contributed by atoms with Crippen molar-refractivity contribution in [3.63, 3.8) is 0 Å². The minimum atomic E-state index is -5.08. The second-order valence-electron chi connectivity index (χ2n) is 5.55. The van der Waals surface area contributed by atoms with Crippen LogP contribution in [0, 0.1) is 6.92 Å². The molecule has 0 fully saturated rings. The van der Waals surface area contributed by atoms with E-state index in [9.17, 15) is 23.1 Å². The third-order valence-corrected chi connectivity index (χ3v) is 4.43. The Kier molecular flexibility index (Phi) is 4.24. The summed E-state index contributed by atoms with van der Waals surface area (Å²) in [5.41, 5.74) is -3.17. The van der Waals surface area contributed by atoms with Crippen LogP contribution in [0.2, 0.25) is 0 Å². The Morgan fingerprint density at radius 1 is 1.32 bits per heavy atom. The van der Waals surface area contributed by atoms with Crippen LogP contribution in [0.1, 0.15) is 28.1 Å². The first-order chi connectivity index (χ1) is 11.6. The van der Waals surface area contributed by atoms with Crippen molar-refractivity contribution in [2.24, 2.45) is 5.10 Å². The zero-order valence-corrected chi connectivity index (χ0v) is 14.4. The normalized spacial score (nSPS) is 20.7. The molecular weight excluding hydrogens is 405 g/mol. The van der Waals surface area contributed by atoms with Crippen LogP contribution in [0.4, 0.5) is 13.2 Å². The molecule has 9 heteroatoms. The summed E-state index contributed by atoms with van der Waals surface area (Å²) in [5.74, 6) is -0.944. The van der Waals surface area contributed by atoms with E-state index >= 15 is 0 Å². The van der Waals surface area contributed by atoms with Gasteiger partial charge in [0.1, 0.15) is 5.76 Å². The molecule has 0 unspecified atom stereocenters. The molecule has 1 atom stereocenters. The zero-order valence-electron chi connectivity index (χ0n) is 12.8. The molecule has 2 heterocycles. The topological polar surface area (TPSA) is 66.0 Å². The maximum Gasteiger partial charge on any atom is 0.438 e. The molecule has 0 spiro atoms. The SMILES string of the molecule is Cc1occc1C(=O)N1N=C(c2ccc(Br)cc2)C[C@]1(O)C(F)(F)F. The number of halogens is 4. The Bertz CT molecular complexity index is 845. The summed E-state index contributed by atoms with van der Waals surface area (Å²) in [4.78, 5) is 12.5. The number of aryl methyl sites for hydroxylation is 1. The van der Waals surface area contributed by atoms with Crippen LogP contribution in [-0.2, 0) is 0 Å². The highest BCUT2D eigenvalue weighted by atomic mass is 79.9. The maximum atomic E-state index is 13.5. The Balaban J connectivity index is 2.05. The quantitative estimate of drug-likeness (QED) is 0.808. The number of hydrogen-bond donors (Lipinski definition) is 1. The number of carbonyl (C=O) groups is 1. The number of nitrogens with zero attached hydrogens (tertiary/aromatic N) is 2. The fourth-order valence-electron chi connectivity index (χ4n) is 2.50. The summed E-state index contributed by atoms with van der Waals surface area (Å²) < 4.78 is 46.2. The summed E-state index contributed by atoms with van der Waals surface area (Å²) in [6.45, 7) is 1.44. The molecule has 1 aliphatic rings. The number of benzene rings is 1. The van der Waals surface area contributed by atoms with Crippen LogP contribution >= 0.6 is 15.9 Å². The molecule has 1 aliphatic heterocycles. The number of hydrazone groups is 1. The third-order valence-electron chi connectivity index (χ3n) is 3.90. The van der Waals surface area contributed by atoms with Gasteiger partial charge in [0, 0.05) is 4.47 Å². The van der Waals surface area contributed by atoms with Crippen molar-refractivity contribution >= 4 is 27.5 Å². The number of amides is 1. The van der Waals surface area contributed by atoms with Gasteiger partial charge in [-0.2, -0.15) is 23.3 Å². The van der Waals surface area contributed by atoms with Gasteiger partial charge in [-0.1, -0.05) is 28.1 Å². The predicted molar refractivity (Wildman–Crippen MR) is 85.9 cm³/mol. The van der Waals surface area contributed by atoms with Gasteiger partial charge in [0.05, 0.1) is 24.0 Å². The molecule has 1 aromatic heterocycles. The monoisotopic (exact) mass is 416 g/mol. The Morgan fingerprint density at radius 2 is 1.96 bits per heavy atom. The minimum absolute atomic E-state index is 0.0400. The lowest BCUT2D eigenvalue weighted by Gasteiger charge is -2.32. The second kappa shape index (κ2) is 5.99. The standard InChI is InChI=1S/C16H12BrF3N2O3/c1-9-12(6-7-25-9)14(23)22-15(24,16(18,19)20)8-13(21-22)10-2-4-11(17)5-3-10/h2-7,24H,8H2,1H3/t15-/m0/s1. The van der Waals surface area contributed by atoms with E-state index in [1.54, 1.807) is 24.3 Å². The van der Waals surface area contributed by atoms with Crippen molar-refractivity contribution < 1.29 is 27.5 Å². The summed E-state index contributed by atoms with van der Waals surface area (Å²) in [5, 5.41) is 14.1. The number of carbonyl (C=O) groups excluding carboxylic acids is 1. The molecule has 1 amide bonds. The molecular formula is C16H12BrF3N2O3.